The van der Waals surface area contributed by atoms with Crippen molar-refractivity contribution in [1.82, 2.24) is 20.1 Å². The standard InChI is InChI=1S/C13H9IN4O3/c1-20-11-5-9(15-6-16-11)12-17-13(21-18-12)7-2-3-8(14)10(19)4-7/h2-6,19H,1H3. The minimum Gasteiger partial charge on any atom is -0.507 e. The highest BCUT2D eigenvalue weighted by Gasteiger charge is 2.13. The monoisotopic (exact) mass is 396 g/mol. The highest BCUT2D eigenvalue weighted by Crippen LogP contribution is 2.27. The number of rotatable bonds is 3. The minimum absolute atomic E-state index is 0.163. The lowest BCUT2D eigenvalue weighted by Crippen LogP contribution is -1.91. The molecular formula is C13H9IN4O3. The molecule has 0 bridgehead atoms. The molecule has 0 aliphatic rings. The zero-order chi connectivity index (χ0) is 14.8. The van der Waals surface area contributed by atoms with Crippen molar-refractivity contribution in [2.45, 2.75) is 0 Å². The molecule has 0 atom stereocenters. The first-order chi connectivity index (χ1) is 10.2. The van der Waals surface area contributed by atoms with Crippen LogP contribution in [0.15, 0.2) is 35.1 Å². The Bertz CT molecular complexity index is 791. The van der Waals surface area contributed by atoms with Crippen molar-refractivity contribution in [2.24, 2.45) is 0 Å². The third kappa shape index (κ3) is 2.79. The topological polar surface area (TPSA) is 94.2 Å². The molecule has 0 amide bonds. The summed E-state index contributed by atoms with van der Waals surface area (Å²) >= 11 is 2.04. The Balaban J connectivity index is 1.97. The molecule has 0 fully saturated rings. The molecule has 0 saturated heterocycles. The van der Waals surface area contributed by atoms with Crippen LogP contribution in [0.2, 0.25) is 0 Å². The van der Waals surface area contributed by atoms with E-state index >= 15 is 0 Å². The Morgan fingerprint density at radius 3 is 2.86 bits per heavy atom. The summed E-state index contributed by atoms with van der Waals surface area (Å²) in [4.78, 5) is 12.2. The summed E-state index contributed by atoms with van der Waals surface area (Å²) in [6.45, 7) is 0. The molecule has 1 aromatic carbocycles. The van der Waals surface area contributed by atoms with Gasteiger partial charge in [0.1, 0.15) is 17.8 Å². The molecule has 2 heterocycles. The zero-order valence-electron chi connectivity index (χ0n) is 10.8. The number of halogens is 1. The third-order valence-electron chi connectivity index (χ3n) is 2.70. The summed E-state index contributed by atoms with van der Waals surface area (Å²) in [5.41, 5.74) is 1.12. The number of methoxy groups -OCH3 is 1. The number of aromatic hydroxyl groups is 1. The summed E-state index contributed by atoms with van der Waals surface area (Å²) < 4.78 is 11.0. The van der Waals surface area contributed by atoms with Crippen LogP contribution in [-0.4, -0.2) is 32.3 Å². The van der Waals surface area contributed by atoms with Crippen LogP contribution in [-0.2, 0) is 0 Å². The zero-order valence-corrected chi connectivity index (χ0v) is 13.0. The summed E-state index contributed by atoms with van der Waals surface area (Å²) in [7, 11) is 1.52. The van der Waals surface area contributed by atoms with E-state index in [2.05, 4.69) is 20.1 Å². The van der Waals surface area contributed by atoms with Gasteiger partial charge in [-0.2, -0.15) is 4.98 Å². The van der Waals surface area contributed by atoms with E-state index in [0.29, 0.717) is 28.9 Å². The van der Waals surface area contributed by atoms with Gasteiger partial charge in [0.15, 0.2) is 0 Å². The third-order valence-corrected chi connectivity index (χ3v) is 3.61. The smallest absolute Gasteiger partial charge is 0.258 e. The molecule has 2 aromatic heterocycles. The number of phenols is 1. The molecule has 3 rings (SSSR count). The maximum atomic E-state index is 9.72. The van der Waals surface area contributed by atoms with E-state index in [9.17, 15) is 5.11 Å². The van der Waals surface area contributed by atoms with Crippen molar-refractivity contribution in [2.75, 3.05) is 7.11 Å². The average molecular weight is 396 g/mol. The Morgan fingerprint density at radius 2 is 2.10 bits per heavy atom. The quantitative estimate of drug-likeness (QED) is 0.680. The van der Waals surface area contributed by atoms with E-state index in [0.717, 1.165) is 3.57 Å². The SMILES string of the molecule is COc1cc(-c2noc(-c3ccc(I)c(O)c3)n2)ncn1. The van der Waals surface area contributed by atoms with Gasteiger partial charge < -0.3 is 14.4 Å². The molecule has 8 heteroatoms. The molecule has 0 saturated carbocycles. The fourth-order valence-corrected chi connectivity index (χ4v) is 2.00. The van der Waals surface area contributed by atoms with Crippen LogP contribution in [0, 0.1) is 3.57 Å². The molecule has 0 aliphatic heterocycles. The van der Waals surface area contributed by atoms with Crippen LogP contribution < -0.4 is 4.74 Å². The molecular weight excluding hydrogens is 387 g/mol. The van der Waals surface area contributed by atoms with Crippen molar-refractivity contribution < 1.29 is 14.4 Å². The van der Waals surface area contributed by atoms with Crippen molar-refractivity contribution in [1.29, 1.82) is 0 Å². The first kappa shape index (κ1) is 13.7. The van der Waals surface area contributed by atoms with Crippen molar-refractivity contribution in [3.63, 3.8) is 0 Å². The van der Waals surface area contributed by atoms with E-state index < -0.39 is 0 Å². The first-order valence-corrected chi connectivity index (χ1v) is 6.94. The summed E-state index contributed by atoms with van der Waals surface area (Å²) in [6.07, 6.45) is 1.36. The Morgan fingerprint density at radius 1 is 1.24 bits per heavy atom. The van der Waals surface area contributed by atoms with Crippen LogP contribution in [0.5, 0.6) is 11.6 Å². The highest BCUT2D eigenvalue weighted by molar-refractivity contribution is 14.1. The van der Waals surface area contributed by atoms with Crippen molar-refractivity contribution in [3.05, 3.63) is 34.2 Å². The van der Waals surface area contributed by atoms with Gasteiger partial charge in [-0.05, 0) is 40.8 Å². The number of hydrogen-bond acceptors (Lipinski definition) is 7. The van der Waals surface area contributed by atoms with E-state index in [1.807, 2.05) is 22.6 Å². The van der Waals surface area contributed by atoms with Gasteiger partial charge in [0.2, 0.25) is 11.7 Å². The van der Waals surface area contributed by atoms with Crippen LogP contribution in [0.25, 0.3) is 23.0 Å². The highest BCUT2D eigenvalue weighted by atomic mass is 127. The van der Waals surface area contributed by atoms with Gasteiger partial charge in [-0.1, -0.05) is 5.16 Å². The number of aromatic nitrogens is 4. The molecule has 0 unspecified atom stereocenters. The number of phenolic OH excluding ortho intramolecular Hbond substituents is 1. The lowest BCUT2D eigenvalue weighted by molar-refractivity contribution is 0.397. The van der Waals surface area contributed by atoms with E-state index in [4.69, 9.17) is 9.26 Å². The van der Waals surface area contributed by atoms with Gasteiger partial charge in [-0.3, -0.25) is 0 Å². The minimum atomic E-state index is 0.163. The van der Waals surface area contributed by atoms with Gasteiger partial charge in [-0.15, -0.1) is 0 Å². The number of nitrogens with zero attached hydrogens (tertiary/aromatic N) is 4. The molecule has 0 radical (unpaired) electrons. The summed E-state index contributed by atoms with van der Waals surface area (Å²) in [5.74, 6) is 1.20. The summed E-state index contributed by atoms with van der Waals surface area (Å²) in [6, 6.07) is 6.74. The molecule has 7 nitrogen and oxygen atoms in total. The molecule has 21 heavy (non-hydrogen) atoms. The second-order valence-electron chi connectivity index (χ2n) is 4.03. The maximum Gasteiger partial charge on any atom is 0.258 e. The van der Waals surface area contributed by atoms with E-state index in [1.54, 1.807) is 24.3 Å². The second kappa shape index (κ2) is 5.64. The molecule has 3 aromatic rings. The number of benzene rings is 1. The van der Waals surface area contributed by atoms with Gasteiger partial charge >= 0.3 is 0 Å². The predicted octanol–water partition coefficient (Wildman–Crippen LogP) is 2.51. The Kier molecular flexibility index (Phi) is 3.69. The second-order valence-corrected chi connectivity index (χ2v) is 5.20. The predicted molar refractivity (Wildman–Crippen MR) is 81.7 cm³/mol. The van der Waals surface area contributed by atoms with Gasteiger partial charge in [0, 0.05) is 11.6 Å². The van der Waals surface area contributed by atoms with Gasteiger partial charge in [0.25, 0.3) is 5.89 Å². The number of hydrogen-bond donors (Lipinski definition) is 1. The van der Waals surface area contributed by atoms with E-state index in [-0.39, 0.29) is 5.75 Å². The van der Waals surface area contributed by atoms with Gasteiger partial charge in [-0.25, -0.2) is 9.97 Å². The Hall–Kier alpha value is -2.23. The lowest BCUT2D eigenvalue weighted by Gasteiger charge is -1.98. The summed E-state index contributed by atoms with van der Waals surface area (Å²) in [5, 5.41) is 13.6. The van der Waals surface area contributed by atoms with E-state index in [1.165, 1.54) is 13.4 Å². The van der Waals surface area contributed by atoms with Crippen LogP contribution >= 0.6 is 22.6 Å². The molecule has 106 valence electrons. The van der Waals surface area contributed by atoms with Crippen LogP contribution in [0.4, 0.5) is 0 Å². The van der Waals surface area contributed by atoms with Gasteiger partial charge in [0.05, 0.1) is 10.7 Å². The van der Waals surface area contributed by atoms with Crippen LogP contribution in [0.3, 0.4) is 0 Å². The first-order valence-electron chi connectivity index (χ1n) is 5.86. The molecule has 0 aliphatic carbocycles. The Labute approximate surface area is 133 Å². The fourth-order valence-electron chi connectivity index (χ4n) is 1.66. The van der Waals surface area contributed by atoms with Crippen LogP contribution in [0.1, 0.15) is 0 Å². The lowest BCUT2D eigenvalue weighted by atomic mass is 10.2. The number of ether oxygens (including phenoxy) is 1. The van der Waals surface area contributed by atoms with Crippen molar-refractivity contribution in [3.8, 4) is 34.6 Å². The molecule has 0 spiro atoms. The molecule has 1 N–H and O–H groups in total. The fraction of sp³-hybridized carbons (Fsp3) is 0.0769. The largest absolute Gasteiger partial charge is 0.507 e. The maximum absolute atomic E-state index is 9.72. The normalized spacial score (nSPS) is 10.6. The average Bonchev–Trinajstić information content (AvgIpc) is 3.00. The van der Waals surface area contributed by atoms with Crippen molar-refractivity contribution >= 4 is 22.6 Å².